The Morgan fingerprint density at radius 2 is 1.94 bits per heavy atom. The zero-order chi connectivity index (χ0) is 12.3. The Balaban J connectivity index is 2.10. The summed E-state index contributed by atoms with van der Waals surface area (Å²) in [5.74, 6) is 0.794. The monoisotopic (exact) mass is 252 g/mol. The Morgan fingerprint density at radius 3 is 2.53 bits per heavy atom. The summed E-state index contributed by atoms with van der Waals surface area (Å²) in [6.07, 6.45) is 6.47. The molecule has 0 spiro atoms. The second-order valence-corrected chi connectivity index (χ2v) is 5.65. The number of hydrogen-bond donors (Lipinski definition) is 1. The van der Waals surface area contributed by atoms with E-state index in [4.69, 9.17) is 11.6 Å². The van der Waals surface area contributed by atoms with Crippen LogP contribution < -0.4 is 0 Å². The van der Waals surface area contributed by atoms with Gasteiger partial charge < -0.3 is 5.11 Å². The van der Waals surface area contributed by atoms with E-state index in [-0.39, 0.29) is 0 Å². The molecular weight excluding hydrogens is 232 g/mol. The Hall–Kier alpha value is -0.530. The first-order chi connectivity index (χ1) is 8.15. The zero-order valence-corrected chi connectivity index (χ0v) is 11.2. The van der Waals surface area contributed by atoms with Crippen molar-refractivity contribution in [2.75, 3.05) is 0 Å². The van der Waals surface area contributed by atoms with Crippen LogP contribution >= 0.6 is 11.6 Å². The lowest BCUT2D eigenvalue weighted by molar-refractivity contribution is -0.0151. The standard InChI is InChI=1S/C15H21ClO/c1-2-5-12-8-10-15(17,11-9-12)13-6-3-4-7-14(13)16/h3-4,6-7,12,17H,2,5,8-11H2,1H3. The summed E-state index contributed by atoms with van der Waals surface area (Å²) in [6.45, 7) is 2.23. The molecule has 0 aliphatic heterocycles. The molecule has 1 aromatic carbocycles. The van der Waals surface area contributed by atoms with Gasteiger partial charge in [0.2, 0.25) is 0 Å². The molecular formula is C15H21ClO. The average Bonchev–Trinajstić information content (AvgIpc) is 2.33. The van der Waals surface area contributed by atoms with Crippen molar-refractivity contribution in [3.63, 3.8) is 0 Å². The van der Waals surface area contributed by atoms with Crippen molar-refractivity contribution in [3.8, 4) is 0 Å². The highest BCUT2D eigenvalue weighted by molar-refractivity contribution is 6.31. The van der Waals surface area contributed by atoms with Crippen LogP contribution in [0.2, 0.25) is 5.02 Å². The Labute approximate surface area is 109 Å². The van der Waals surface area contributed by atoms with Gasteiger partial charge in [0.1, 0.15) is 0 Å². The van der Waals surface area contributed by atoms with Crippen LogP contribution in [0.4, 0.5) is 0 Å². The first-order valence-electron chi connectivity index (χ1n) is 6.63. The molecule has 17 heavy (non-hydrogen) atoms. The van der Waals surface area contributed by atoms with Crippen molar-refractivity contribution in [2.45, 2.75) is 51.0 Å². The molecule has 0 heterocycles. The van der Waals surface area contributed by atoms with E-state index in [0.29, 0.717) is 5.02 Å². The SMILES string of the molecule is CCCC1CCC(O)(c2ccccc2Cl)CC1. The topological polar surface area (TPSA) is 20.2 Å². The molecule has 0 bridgehead atoms. The predicted molar refractivity (Wildman–Crippen MR) is 72.2 cm³/mol. The van der Waals surface area contributed by atoms with E-state index in [1.54, 1.807) is 0 Å². The lowest BCUT2D eigenvalue weighted by Gasteiger charge is -2.37. The first kappa shape index (κ1) is 12.9. The zero-order valence-electron chi connectivity index (χ0n) is 10.5. The van der Waals surface area contributed by atoms with Crippen LogP contribution in [0.25, 0.3) is 0 Å². The molecule has 0 unspecified atom stereocenters. The third-order valence-corrected chi connectivity index (χ3v) is 4.33. The highest BCUT2D eigenvalue weighted by Crippen LogP contribution is 2.42. The molecule has 1 nitrogen and oxygen atoms in total. The molecule has 1 saturated carbocycles. The van der Waals surface area contributed by atoms with E-state index < -0.39 is 5.60 Å². The lowest BCUT2D eigenvalue weighted by Crippen LogP contribution is -2.31. The molecule has 1 aliphatic carbocycles. The van der Waals surface area contributed by atoms with Crippen LogP contribution in [-0.4, -0.2) is 5.11 Å². The lowest BCUT2D eigenvalue weighted by atomic mass is 9.74. The minimum atomic E-state index is -0.692. The average molecular weight is 253 g/mol. The van der Waals surface area contributed by atoms with Crippen LogP contribution in [0, 0.1) is 5.92 Å². The van der Waals surface area contributed by atoms with E-state index in [0.717, 1.165) is 37.2 Å². The van der Waals surface area contributed by atoms with Crippen LogP contribution in [0.3, 0.4) is 0 Å². The Bertz CT molecular complexity index is 367. The van der Waals surface area contributed by atoms with Crippen LogP contribution in [0.15, 0.2) is 24.3 Å². The summed E-state index contributed by atoms with van der Waals surface area (Å²) in [5, 5.41) is 11.4. The van der Waals surface area contributed by atoms with Gasteiger partial charge in [-0.1, -0.05) is 49.6 Å². The highest BCUT2D eigenvalue weighted by Gasteiger charge is 2.35. The van der Waals surface area contributed by atoms with Gasteiger partial charge in [-0.2, -0.15) is 0 Å². The molecule has 2 heteroatoms. The summed E-state index contributed by atoms with van der Waals surface area (Å²) in [6, 6.07) is 7.70. The van der Waals surface area contributed by atoms with E-state index in [1.165, 1.54) is 12.8 Å². The second-order valence-electron chi connectivity index (χ2n) is 5.24. The number of aliphatic hydroxyl groups is 1. The van der Waals surface area contributed by atoms with Crippen molar-refractivity contribution in [1.29, 1.82) is 0 Å². The largest absolute Gasteiger partial charge is 0.385 e. The van der Waals surface area contributed by atoms with Crippen LogP contribution in [0.1, 0.15) is 51.0 Å². The quantitative estimate of drug-likeness (QED) is 0.839. The van der Waals surface area contributed by atoms with Crippen molar-refractivity contribution < 1.29 is 5.11 Å². The van der Waals surface area contributed by atoms with Crippen LogP contribution in [0.5, 0.6) is 0 Å². The maximum absolute atomic E-state index is 10.7. The van der Waals surface area contributed by atoms with E-state index >= 15 is 0 Å². The molecule has 1 N–H and O–H groups in total. The van der Waals surface area contributed by atoms with Gasteiger partial charge in [-0.25, -0.2) is 0 Å². The predicted octanol–water partition coefficient (Wildman–Crippen LogP) is 4.52. The van der Waals surface area contributed by atoms with Crippen LogP contribution in [-0.2, 0) is 5.60 Å². The van der Waals surface area contributed by atoms with Gasteiger partial charge in [0, 0.05) is 10.6 Å². The van der Waals surface area contributed by atoms with E-state index in [2.05, 4.69) is 6.92 Å². The van der Waals surface area contributed by atoms with Gasteiger partial charge in [0.05, 0.1) is 5.60 Å². The fourth-order valence-electron chi connectivity index (χ4n) is 2.96. The molecule has 1 aliphatic rings. The molecule has 0 saturated heterocycles. The first-order valence-corrected chi connectivity index (χ1v) is 7.01. The molecule has 0 atom stereocenters. The van der Waals surface area contributed by atoms with Crippen molar-refractivity contribution in [3.05, 3.63) is 34.9 Å². The van der Waals surface area contributed by atoms with E-state index in [1.807, 2.05) is 24.3 Å². The van der Waals surface area contributed by atoms with Crippen molar-refractivity contribution >= 4 is 11.6 Å². The fraction of sp³-hybridized carbons (Fsp3) is 0.600. The normalized spacial score (nSPS) is 29.2. The van der Waals surface area contributed by atoms with E-state index in [9.17, 15) is 5.11 Å². The Morgan fingerprint density at radius 1 is 1.29 bits per heavy atom. The molecule has 0 amide bonds. The second kappa shape index (κ2) is 5.41. The molecule has 1 fully saturated rings. The smallest absolute Gasteiger partial charge is 0.0911 e. The molecule has 0 aromatic heterocycles. The number of hydrogen-bond acceptors (Lipinski definition) is 1. The molecule has 94 valence electrons. The number of benzene rings is 1. The molecule has 0 radical (unpaired) electrons. The molecule has 2 rings (SSSR count). The van der Waals surface area contributed by atoms with Gasteiger partial charge in [0.15, 0.2) is 0 Å². The minimum absolute atomic E-state index is 0.692. The minimum Gasteiger partial charge on any atom is -0.385 e. The highest BCUT2D eigenvalue weighted by atomic mass is 35.5. The Kier molecular flexibility index (Phi) is 4.11. The van der Waals surface area contributed by atoms with Gasteiger partial charge in [-0.05, 0) is 37.7 Å². The summed E-state index contributed by atoms with van der Waals surface area (Å²) in [4.78, 5) is 0. The van der Waals surface area contributed by atoms with Gasteiger partial charge in [-0.15, -0.1) is 0 Å². The summed E-state index contributed by atoms with van der Waals surface area (Å²) in [5.41, 5.74) is 0.222. The van der Waals surface area contributed by atoms with Crippen molar-refractivity contribution in [2.24, 2.45) is 5.92 Å². The maximum atomic E-state index is 10.7. The van der Waals surface area contributed by atoms with Crippen molar-refractivity contribution in [1.82, 2.24) is 0 Å². The maximum Gasteiger partial charge on any atom is 0.0911 e. The number of halogens is 1. The van der Waals surface area contributed by atoms with Gasteiger partial charge in [0.25, 0.3) is 0 Å². The van der Waals surface area contributed by atoms with Gasteiger partial charge >= 0.3 is 0 Å². The summed E-state index contributed by atoms with van der Waals surface area (Å²) in [7, 11) is 0. The van der Waals surface area contributed by atoms with Gasteiger partial charge in [-0.3, -0.25) is 0 Å². The third kappa shape index (κ3) is 2.83. The molecule has 1 aromatic rings. The summed E-state index contributed by atoms with van der Waals surface area (Å²) < 4.78 is 0. The third-order valence-electron chi connectivity index (χ3n) is 4.00. The number of rotatable bonds is 3. The fourth-order valence-corrected chi connectivity index (χ4v) is 3.27. The summed E-state index contributed by atoms with van der Waals surface area (Å²) >= 11 is 6.18.